The number of nitrogens with one attached hydrogen (secondary N) is 3. The van der Waals surface area contributed by atoms with Gasteiger partial charge < -0.3 is 16.0 Å². The molecule has 0 fully saturated rings. The van der Waals surface area contributed by atoms with Crippen molar-refractivity contribution in [3.63, 3.8) is 0 Å². The second-order valence-corrected chi connectivity index (χ2v) is 5.27. The maximum Gasteiger partial charge on any atom is 0.191 e. The summed E-state index contributed by atoms with van der Waals surface area (Å²) in [6, 6.07) is 5.87. The largest absolute Gasteiger partial charge is 0.370 e. The zero-order valence-electron chi connectivity index (χ0n) is 14.8. The van der Waals surface area contributed by atoms with E-state index in [0.29, 0.717) is 6.54 Å². The summed E-state index contributed by atoms with van der Waals surface area (Å²) in [5.74, 6) is 2.56. The van der Waals surface area contributed by atoms with Crippen LogP contribution in [0.2, 0.25) is 0 Å². The molecule has 138 valence electrons. The van der Waals surface area contributed by atoms with E-state index in [1.165, 1.54) is 0 Å². The SMILES string of the molecule is CCNC(=NCc1ncnn1C)NCCCCNc1ccccn1.I. The average molecular weight is 458 g/mol. The average Bonchev–Trinajstić information content (AvgIpc) is 3.01. The van der Waals surface area contributed by atoms with Crippen LogP contribution in [0, 0.1) is 0 Å². The summed E-state index contributed by atoms with van der Waals surface area (Å²) in [5.41, 5.74) is 0. The smallest absolute Gasteiger partial charge is 0.191 e. The fourth-order valence-corrected chi connectivity index (χ4v) is 2.10. The van der Waals surface area contributed by atoms with Crippen LogP contribution in [0.4, 0.5) is 5.82 Å². The van der Waals surface area contributed by atoms with Gasteiger partial charge in [-0.2, -0.15) is 5.10 Å². The maximum atomic E-state index is 4.53. The van der Waals surface area contributed by atoms with E-state index >= 15 is 0 Å². The van der Waals surface area contributed by atoms with E-state index < -0.39 is 0 Å². The molecule has 8 nitrogen and oxygen atoms in total. The molecule has 9 heteroatoms. The Hall–Kier alpha value is -1.91. The van der Waals surface area contributed by atoms with Crippen LogP contribution >= 0.6 is 24.0 Å². The minimum Gasteiger partial charge on any atom is -0.370 e. The summed E-state index contributed by atoms with van der Waals surface area (Å²) in [5, 5.41) is 13.9. The summed E-state index contributed by atoms with van der Waals surface area (Å²) in [6.45, 7) is 5.16. The van der Waals surface area contributed by atoms with E-state index in [1.54, 1.807) is 17.2 Å². The second kappa shape index (κ2) is 12.5. The van der Waals surface area contributed by atoms with E-state index in [0.717, 1.165) is 50.1 Å². The summed E-state index contributed by atoms with van der Waals surface area (Å²) < 4.78 is 1.73. The van der Waals surface area contributed by atoms with Crippen LogP contribution < -0.4 is 16.0 Å². The zero-order valence-corrected chi connectivity index (χ0v) is 17.1. The molecule has 0 aliphatic rings. The molecular weight excluding hydrogens is 431 g/mol. The predicted molar refractivity (Wildman–Crippen MR) is 111 cm³/mol. The van der Waals surface area contributed by atoms with Gasteiger partial charge in [0.05, 0.1) is 0 Å². The lowest BCUT2D eigenvalue weighted by molar-refractivity contribution is 0.689. The van der Waals surface area contributed by atoms with Crippen molar-refractivity contribution in [1.29, 1.82) is 0 Å². The van der Waals surface area contributed by atoms with Gasteiger partial charge in [-0.25, -0.2) is 15.0 Å². The highest BCUT2D eigenvalue weighted by Gasteiger charge is 2.01. The number of anilines is 1. The van der Waals surface area contributed by atoms with Gasteiger partial charge in [-0.1, -0.05) is 6.07 Å². The van der Waals surface area contributed by atoms with Gasteiger partial charge >= 0.3 is 0 Å². The van der Waals surface area contributed by atoms with Crippen molar-refractivity contribution in [3.8, 4) is 0 Å². The first-order valence-corrected chi connectivity index (χ1v) is 8.29. The molecule has 2 heterocycles. The minimum atomic E-state index is 0. The number of nitrogens with zero attached hydrogens (tertiary/aromatic N) is 5. The van der Waals surface area contributed by atoms with E-state index in [4.69, 9.17) is 0 Å². The quantitative estimate of drug-likeness (QED) is 0.230. The number of hydrogen-bond donors (Lipinski definition) is 3. The maximum absolute atomic E-state index is 4.53. The Morgan fingerprint density at radius 2 is 2.00 bits per heavy atom. The van der Waals surface area contributed by atoms with Gasteiger partial charge in [0.2, 0.25) is 0 Å². The van der Waals surface area contributed by atoms with Crippen molar-refractivity contribution in [2.24, 2.45) is 12.0 Å². The normalized spacial score (nSPS) is 10.9. The van der Waals surface area contributed by atoms with Crippen LogP contribution in [0.25, 0.3) is 0 Å². The van der Waals surface area contributed by atoms with Gasteiger partial charge in [-0.05, 0) is 31.9 Å². The van der Waals surface area contributed by atoms with Crippen LogP contribution in [-0.2, 0) is 13.6 Å². The van der Waals surface area contributed by atoms with E-state index in [2.05, 4.69) is 42.9 Å². The van der Waals surface area contributed by atoms with Crippen LogP contribution in [0.15, 0.2) is 35.7 Å². The lowest BCUT2D eigenvalue weighted by Gasteiger charge is -2.11. The number of pyridine rings is 1. The number of aromatic nitrogens is 4. The minimum absolute atomic E-state index is 0. The number of hydrogen-bond acceptors (Lipinski definition) is 5. The number of halogens is 1. The number of unbranched alkanes of at least 4 members (excludes halogenated alkanes) is 1. The van der Waals surface area contributed by atoms with E-state index in [1.807, 2.05) is 25.2 Å². The fraction of sp³-hybridized carbons (Fsp3) is 0.500. The Kier molecular flexibility index (Phi) is 10.5. The number of rotatable bonds is 9. The Bertz CT molecular complexity index is 614. The highest BCUT2D eigenvalue weighted by molar-refractivity contribution is 14.0. The molecule has 2 aromatic heterocycles. The first kappa shape index (κ1) is 21.1. The van der Waals surface area contributed by atoms with Crippen molar-refractivity contribution in [2.45, 2.75) is 26.3 Å². The van der Waals surface area contributed by atoms with Crippen molar-refractivity contribution >= 4 is 35.8 Å². The molecule has 0 aliphatic carbocycles. The van der Waals surface area contributed by atoms with Gasteiger partial charge in [0.15, 0.2) is 5.96 Å². The number of aliphatic imine (C=N–C) groups is 1. The molecule has 0 saturated heterocycles. The summed E-state index contributed by atoms with van der Waals surface area (Å²) in [4.78, 5) is 12.9. The summed E-state index contributed by atoms with van der Waals surface area (Å²) in [7, 11) is 1.87. The molecule has 2 rings (SSSR count). The number of aryl methyl sites for hydroxylation is 1. The van der Waals surface area contributed by atoms with Crippen molar-refractivity contribution < 1.29 is 0 Å². The highest BCUT2D eigenvalue weighted by atomic mass is 127. The molecule has 0 radical (unpaired) electrons. The van der Waals surface area contributed by atoms with Crippen molar-refractivity contribution in [2.75, 3.05) is 25.0 Å². The third-order valence-corrected chi connectivity index (χ3v) is 3.39. The highest BCUT2D eigenvalue weighted by Crippen LogP contribution is 2.00. The van der Waals surface area contributed by atoms with Crippen LogP contribution in [-0.4, -0.2) is 45.3 Å². The van der Waals surface area contributed by atoms with Gasteiger partial charge in [-0.3, -0.25) is 4.68 Å². The van der Waals surface area contributed by atoms with Crippen molar-refractivity contribution in [3.05, 3.63) is 36.5 Å². The third-order valence-electron chi connectivity index (χ3n) is 3.39. The predicted octanol–water partition coefficient (Wildman–Crippen LogP) is 1.78. The Labute approximate surface area is 166 Å². The molecule has 25 heavy (non-hydrogen) atoms. The summed E-state index contributed by atoms with van der Waals surface area (Å²) in [6.07, 6.45) is 5.44. The number of guanidine groups is 1. The topological polar surface area (TPSA) is 92.0 Å². The Morgan fingerprint density at radius 1 is 1.16 bits per heavy atom. The molecule has 0 aliphatic heterocycles. The van der Waals surface area contributed by atoms with Gasteiger partial charge in [0, 0.05) is 32.9 Å². The third kappa shape index (κ3) is 8.14. The molecule has 0 unspecified atom stereocenters. The molecule has 0 atom stereocenters. The first-order valence-electron chi connectivity index (χ1n) is 8.29. The van der Waals surface area contributed by atoms with Crippen LogP contribution in [0.1, 0.15) is 25.6 Å². The standard InChI is InChI=1S/C16H26N8.HI/c1-3-17-16(21-12-15-22-13-23-24(15)2)20-11-7-6-10-19-14-8-4-5-9-18-14;/h4-5,8-9,13H,3,6-7,10-12H2,1-2H3,(H,18,19)(H2,17,20,21);1H. The lowest BCUT2D eigenvalue weighted by atomic mass is 10.3. The van der Waals surface area contributed by atoms with Crippen molar-refractivity contribution in [1.82, 2.24) is 30.4 Å². The second-order valence-electron chi connectivity index (χ2n) is 5.27. The Morgan fingerprint density at radius 3 is 2.68 bits per heavy atom. The van der Waals surface area contributed by atoms with Gasteiger partial charge in [-0.15, -0.1) is 24.0 Å². The molecular formula is C16H27IN8. The first-order chi connectivity index (χ1) is 11.8. The molecule has 0 aromatic carbocycles. The van der Waals surface area contributed by atoms with Gasteiger partial charge in [0.1, 0.15) is 24.5 Å². The molecule has 3 N–H and O–H groups in total. The van der Waals surface area contributed by atoms with Crippen LogP contribution in [0.5, 0.6) is 0 Å². The molecule has 2 aromatic rings. The molecule has 0 spiro atoms. The van der Waals surface area contributed by atoms with Crippen LogP contribution in [0.3, 0.4) is 0 Å². The Balaban J connectivity index is 0.00000312. The monoisotopic (exact) mass is 458 g/mol. The fourth-order valence-electron chi connectivity index (χ4n) is 2.10. The zero-order chi connectivity index (χ0) is 17.0. The molecule has 0 amide bonds. The van der Waals surface area contributed by atoms with Gasteiger partial charge in [0.25, 0.3) is 0 Å². The lowest BCUT2D eigenvalue weighted by Crippen LogP contribution is -2.37. The molecule has 0 bridgehead atoms. The van der Waals surface area contributed by atoms with E-state index in [-0.39, 0.29) is 24.0 Å². The summed E-state index contributed by atoms with van der Waals surface area (Å²) >= 11 is 0. The van der Waals surface area contributed by atoms with E-state index in [9.17, 15) is 0 Å². The molecule has 0 saturated carbocycles.